The Morgan fingerprint density at radius 3 is 2.30 bits per heavy atom. The van der Waals surface area contributed by atoms with Gasteiger partial charge in [0.2, 0.25) is 0 Å². The van der Waals surface area contributed by atoms with Crippen molar-refractivity contribution in [1.82, 2.24) is 0 Å². The zero-order valence-corrected chi connectivity index (χ0v) is 10.6. The Morgan fingerprint density at radius 1 is 0.900 bits per heavy atom. The third-order valence-electron chi connectivity index (χ3n) is 3.12. The van der Waals surface area contributed by atoms with Crippen LogP contribution in [0.5, 0.6) is 5.75 Å². The minimum atomic E-state index is -0.410. The maximum atomic E-state index is 12.4. The number of carbonyl (C=O) groups is 2. The molecule has 0 spiro atoms. The van der Waals surface area contributed by atoms with E-state index in [0.29, 0.717) is 11.4 Å². The maximum Gasteiger partial charge on any atom is 0.336 e. The van der Waals surface area contributed by atoms with Crippen molar-refractivity contribution in [2.24, 2.45) is 0 Å². The predicted octanol–water partition coefficient (Wildman–Crippen LogP) is 2.37. The molecule has 3 amide bonds. The number of anilines is 2. The second-order valence-corrected chi connectivity index (χ2v) is 4.45. The van der Waals surface area contributed by atoms with E-state index in [4.69, 9.17) is 0 Å². The van der Waals surface area contributed by atoms with E-state index in [1.807, 2.05) is 6.07 Å². The molecule has 0 aromatic heterocycles. The van der Waals surface area contributed by atoms with Gasteiger partial charge in [-0.15, -0.1) is 0 Å². The molecule has 2 aromatic rings. The van der Waals surface area contributed by atoms with Crippen LogP contribution >= 0.6 is 0 Å². The lowest BCUT2D eigenvalue weighted by molar-refractivity contribution is -0.115. The van der Waals surface area contributed by atoms with Gasteiger partial charge in [-0.05, 0) is 24.3 Å². The number of phenolic OH excluding ortho intramolecular Hbond substituents is 1. The molecule has 0 radical (unpaired) electrons. The number of nitrogens with zero attached hydrogens (tertiary/aromatic N) is 2. The van der Waals surface area contributed by atoms with Gasteiger partial charge < -0.3 is 5.11 Å². The minimum absolute atomic E-state index is 0.0306. The summed E-state index contributed by atoms with van der Waals surface area (Å²) in [5, 5.41) is 9.47. The molecule has 0 unspecified atom stereocenters. The number of imide groups is 1. The van der Waals surface area contributed by atoms with Crippen LogP contribution in [0.1, 0.15) is 0 Å². The van der Waals surface area contributed by atoms with E-state index < -0.39 is 6.03 Å². The monoisotopic (exact) mass is 268 g/mol. The SMILES string of the molecule is O=C1CN(c2cccc(O)c2)C(=O)N1c1ccccc1. The lowest BCUT2D eigenvalue weighted by Crippen LogP contribution is -2.32. The number of hydrogen-bond acceptors (Lipinski definition) is 3. The second kappa shape index (κ2) is 4.70. The molecule has 2 aromatic carbocycles. The van der Waals surface area contributed by atoms with Crippen molar-refractivity contribution in [1.29, 1.82) is 0 Å². The van der Waals surface area contributed by atoms with E-state index in [-0.39, 0.29) is 18.2 Å². The number of benzene rings is 2. The van der Waals surface area contributed by atoms with E-state index in [1.54, 1.807) is 36.4 Å². The molecule has 1 aliphatic rings. The van der Waals surface area contributed by atoms with Gasteiger partial charge in [0.1, 0.15) is 12.3 Å². The highest BCUT2D eigenvalue weighted by molar-refractivity contribution is 6.26. The van der Waals surface area contributed by atoms with Crippen molar-refractivity contribution >= 4 is 23.3 Å². The van der Waals surface area contributed by atoms with Crippen LogP contribution < -0.4 is 9.80 Å². The fourth-order valence-electron chi connectivity index (χ4n) is 2.20. The molecule has 20 heavy (non-hydrogen) atoms. The van der Waals surface area contributed by atoms with Crippen molar-refractivity contribution in [3.63, 3.8) is 0 Å². The average molecular weight is 268 g/mol. The van der Waals surface area contributed by atoms with Gasteiger partial charge in [0.25, 0.3) is 5.91 Å². The van der Waals surface area contributed by atoms with E-state index in [0.717, 1.165) is 4.90 Å². The number of hydrogen-bond donors (Lipinski definition) is 1. The number of carbonyl (C=O) groups excluding carboxylic acids is 2. The van der Waals surface area contributed by atoms with Crippen LogP contribution in [0.15, 0.2) is 54.6 Å². The number of aromatic hydroxyl groups is 1. The van der Waals surface area contributed by atoms with Gasteiger partial charge in [-0.25, -0.2) is 9.69 Å². The highest BCUT2D eigenvalue weighted by Gasteiger charge is 2.37. The number of amides is 3. The summed E-state index contributed by atoms with van der Waals surface area (Å²) in [7, 11) is 0. The third-order valence-corrected chi connectivity index (χ3v) is 3.12. The van der Waals surface area contributed by atoms with Gasteiger partial charge in [-0.3, -0.25) is 9.69 Å². The summed E-state index contributed by atoms with van der Waals surface area (Å²) in [6, 6.07) is 14.7. The van der Waals surface area contributed by atoms with Crippen LogP contribution in [-0.2, 0) is 4.79 Å². The molecule has 1 saturated heterocycles. The van der Waals surface area contributed by atoms with Crippen LogP contribution in [0, 0.1) is 0 Å². The van der Waals surface area contributed by atoms with Crippen LogP contribution in [-0.4, -0.2) is 23.6 Å². The predicted molar refractivity (Wildman–Crippen MR) is 74.8 cm³/mol. The van der Waals surface area contributed by atoms with Crippen LogP contribution in [0.25, 0.3) is 0 Å². The van der Waals surface area contributed by atoms with Gasteiger partial charge in [0, 0.05) is 11.8 Å². The van der Waals surface area contributed by atoms with Crippen molar-refractivity contribution in [3.8, 4) is 5.75 Å². The second-order valence-electron chi connectivity index (χ2n) is 4.45. The van der Waals surface area contributed by atoms with Crippen molar-refractivity contribution in [2.75, 3.05) is 16.3 Å². The van der Waals surface area contributed by atoms with E-state index >= 15 is 0 Å². The fourth-order valence-corrected chi connectivity index (χ4v) is 2.20. The molecule has 100 valence electrons. The van der Waals surface area contributed by atoms with Crippen molar-refractivity contribution in [2.45, 2.75) is 0 Å². The van der Waals surface area contributed by atoms with Crippen molar-refractivity contribution < 1.29 is 14.7 Å². The largest absolute Gasteiger partial charge is 0.508 e. The summed E-state index contributed by atoms with van der Waals surface area (Å²) in [5.41, 5.74) is 1.05. The summed E-state index contributed by atoms with van der Waals surface area (Å²) < 4.78 is 0. The Morgan fingerprint density at radius 2 is 1.60 bits per heavy atom. The fraction of sp³-hybridized carbons (Fsp3) is 0.0667. The molecule has 5 heteroatoms. The Balaban J connectivity index is 1.95. The molecule has 1 heterocycles. The van der Waals surface area contributed by atoms with E-state index in [2.05, 4.69) is 0 Å². The van der Waals surface area contributed by atoms with Gasteiger partial charge >= 0.3 is 6.03 Å². The van der Waals surface area contributed by atoms with Crippen molar-refractivity contribution in [3.05, 3.63) is 54.6 Å². The molecule has 0 aliphatic carbocycles. The zero-order chi connectivity index (χ0) is 14.1. The molecule has 0 saturated carbocycles. The summed E-state index contributed by atoms with van der Waals surface area (Å²) in [5.74, 6) is -0.231. The molecular weight excluding hydrogens is 256 g/mol. The van der Waals surface area contributed by atoms with E-state index in [1.165, 1.54) is 17.0 Å². The summed E-state index contributed by atoms with van der Waals surface area (Å²) >= 11 is 0. The topological polar surface area (TPSA) is 60.9 Å². The highest BCUT2D eigenvalue weighted by Crippen LogP contribution is 2.27. The summed E-state index contributed by atoms with van der Waals surface area (Å²) in [4.78, 5) is 26.9. The first-order valence-electron chi connectivity index (χ1n) is 6.15. The molecule has 5 nitrogen and oxygen atoms in total. The number of para-hydroxylation sites is 1. The molecular formula is C15H12N2O3. The first kappa shape index (κ1) is 12.2. The van der Waals surface area contributed by atoms with Crippen LogP contribution in [0.2, 0.25) is 0 Å². The van der Waals surface area contributed by atoms with Crippen LogP contribution in [0.3, 0.4) is 0 Å². The van der Waals surface area contributed by atoms with Gasteiger partial charge in [0.05, 0.1) is 5.69 Å². The Bertz CT molecular complexity index is 670. The number of phenols is 1. The maximum absolute atomic E-state index is 12.4. The number of rotatable bonds is 2. The molecule has 1 N–H and O–H groups in total. The number of urea groups is 1. The lowest BCUT2D eigenvalue weighted by Gasteiger charge is -2.17. The Kier molecular flexibility index (Phi) is 2.87. The molecule has 3 rings (SSSR count). The van der Waals surface area contributed by atoms with E-state index in [9.17, 15) is 14.7 Å². The lowest BCUT2D eigenvalue weighted by atomic mass is 10.3. The zero-order valence-electron chi connectivity index (χ0n) is 10.6. The summed E-state index contributed by atoms with van der Waals surface area (Å²) in [6.07, 6.45) is 0. The molecule has 1 fully saturated rings. The quantitative estimate of drug-likeness (QED) is 0.850. The Labute approximate surface area is 115 Å². The first-order valence-corrected chi connectivity index (χ1v) is 6.15. The normalized spacial score (nSPS) is 15.0. The average Bonchev–Trinajstić information content (AvgIpc) is 2.75. The standard InChI is InChI=1S/C15H12N2O3/c18-13-8-4-7-12(9-13)16-10-14(19)17(15(16)20)11-5-2-1-3-6-11/h1-9,18H,10H2. The molecule has 0 bridgehead atoms. The highest BCUT2D eigenvalue weighted by atomic mass is 16.3. The first-order chi connectivity index (χ1) is 9.66. The third kappa shape index (κ3) is 1.99. The summed E-state index contributed by atoms with van der Waals surface area (Å²) in [6.45, 7) is -0.0306. The minimum Gasteiger partial charge on any atom is -0.508 e. The van der Waals surface area contributed by atoms with Gasteiger partial charge in [-0.2, -0.15) is 0 Å². The smallest absolute Gasteiger partial charge is 0.336 e. The van der Waals surface area contributed by atoms with Gasteiger partial charge in [0.15, 0.2) is 0 Å². The Hall–Kier alpha value is -2.82. The molecule has 1 aliphatic heterocycles. The van der Waals surface area contributed by atoms with Gasteiger partial charge in [-0.1, -0.05) is 24.3 Å². The molecule has 0 atom stereocenters. The van der Waals surface area contributed by atoms with Crippen LogP contribution in [0.4, 0.5) is 16.2 Å².